The lowest BCUT2D eigenvalue weighted by Gasteiger charge is -2.15. The lowest BCUT2D eigenvalue weighted by atomic mass is 10.0. The maximum Gasteiger partial charge on any atom is 0.328 e. The van der Waals surface area contributed by atoms with Gasteiger partial charge in [-0.2, -0.15) is 5.90 Å². The van der Waals surface area contributed by atoms with Gasteiger partial charge in [-0.3, -0.25) is 4.79 Å². The number of carbonyl (C=O) groups excluding carboxylic acids is 1. The molecule has 0 aliphatic heterocycles. The highest BCUT2D eigenvalue weighted by Crippen LogP contribution is 2.34. The summed E-state index contributed by atoms with van der Waals surface area (Å²) in [4.78, 5) is 15.7. The summed E-state index contributed by atoms with van der Waals surface area (Å²) < 4.78 is 27.1. The van der Waals surface area contributed by atoms with Gasteiger partial charge in [-0.1, -0.05) is 52.6 Å². The first-order valence-corrected chi connectivity index (χ1v) is 10.6. The normalized spacial score (nSPS) is 12.2. The summed E-state index contributed by atoms with van der Waals surface area (Å²) in [6.45, 7) is 0. The van der Waals surface area contributed by atoms with Crippen LogP contribution in [0.15, 0.2) is 63.5 Å². The van der Waals surface area contributed by atoms with Crippen LogP contribution in [0.25, 0.3) is 10.8 Å². The first-order valence-electron chi connectivity index (χ1n) is 8.31. The predicted molar refractivity (Wildman–Crippen MR) is 112 cm³/mol. The Labute approximate surface area is 181 Å². The number of carbonyl (C=O) groups is 1. The van der Waals surface area contributed by atoms with Gasteiger partial charge in [0.1, 0.15) is 0 Å². The Morgan fingerprint density at radius 1 is 1.07 bits per heavy atom. The van der Waals surface area contributed by atoms with Crippen LogP contribution in [0.1, 0.15) is 11.1 Å². The van der Waals surface area contributed by atoms with Crippen LogP contribution in [-0.4, -0.2) is 25.4 Å². The van der Waals surface area contributed by atoms with Crippen LogP contribution < -0.4 is 11.6 Å². The number of nitrogens with two attached hydrogens (primary N) is 2. The van der Waals surface area contributed by atoms with E-state index < -0.39 is 15.8 Å². The summed E-state index contributed by atoms with van der Waals surface area (Å²) in [5, 5.41) is 12.9. The molecule has 0 fully saturated rings. The molecule has 156 valence electrons. The first kappa shape index (κ1) is 21.8. The Hall–Kier alpha value is -2.85. The summed E-state index contributed by atoms with van der Waals surface area (Å²) in [6.07, 6.45) is -0.378. The number of hydrogen-bond acceptors (Lipinski definition) is 7. The highest BCUT2D eigenvalue weighted by Gasteiger charge is 2.26. The number of benzene rings is 3. The molecule has 0 atom stereocenters. The summed E-state index contributed by atoms with van der Waals surface area (Å²) in [5.74, 6) is 3.97. The van der Waals surface area contributed by atoms with Gasteiger partial charge in [0.05, 0.1) is 16.2 Å². The Bertz CT molecular complexity index is 1270. The zero-order chi connectivity index (χ0) is 22.1. The van der Waals surface area contributed by atoms with Crippen molar-refractivity contribution in [3.05, 3.63) is 69.7 Å². The molecule has 3 rings (SSSR count). The van der Waals surface area contributed by atoms with E-state index in [9.17, 15) is 13.2 Å². The Morgan fingerprint density at radius 3 is 2.33 bits per heavy atom. The molecule has 0 unspecified atom stereocenters. The fourth-order valence-corrected chi connectivity index (χ4v) is 5.43. The maximum absolute atomic E-state index is 13.5. The van der Waals surface area contributed by atoms with E-state index >= 15 is 0 Å². The molecule has 0 heterocycles. The Balaban J connectivity index is 2.35. The van der Waals surface area contributed by atoms with Gasteiger partial charge < -0.3 is 15.8 Å². The molecule has 0 saturated carbocycles. The molecule has 11 heteroatoms. The molecule has 30 heavy (non-hydrogen) atoms. The van der Waals surface area contributed by atoms with E-state index in [4.69, 9.17) is 40.0 Å². The molecule has 0 spiro atoms. The number of fused-ring (bicyclic) bond motifs is 1. The Kier molecular flexibility index (Phi) is 6.18. The minimum atomic E-state index is -4.16. The second-order valence-corrected chi connectivity index (χ2v) is 9.01. The number of rotatable bonds is 5. The van der Waals surface area contributed by atoms with Crippen LogP contribution in [0.4, 0.5) is 0 Å². The van der Waals surface area contributed by atoms with E-state index in [1.165, 1.54) is 36.4 Å². The molecule has 0 aromatic heterocycles. The summed E-state index contributed by atoms with van der Waals surface area (Å²) >= 11 is 12.0. The minimum Gasteiger partial charge on any atom is -0.409 e. The zero-order valence-electron chi connectivity index (χ0n) is 15.2. The molecule has 0 aliphatic carbocycles. The van der Waals surface area contributed by atoms with Gasteiger partial charge in [0.25, 0.3) is 0 Å². The van der Waals surface area contributed by atoms with Gasteiger partial charge in [0, 0.05) is 21.0 Å². The number of halogens is 2. The molecule has 3 aromatic rings. The third-order valence-electron chi connectivity index (χ3n) is 4.34. The average molecular weight is 468 g/mol. The second-order valence-electron chi connectivity index (χ2n) is 6.25. The summed E-state index contributed by atoms with van der Waals surface area (Å²) in [5.41, 5.74) is 6.18. The highest BCUT2D eigenvalue weighted by atomic mass is 35.5. The van der Waals surface area contributed by atoms with Crippen LogP contribution in [0.5, 0.6) is 0 Å². The van der Waals surface area contributed by atoms with E-state index in [0.717, 1.165) is 0 Å². The summed E-state index contributed by atoms with van der Waals surface area (Å²) in [7, 11) is -4.16. The van der Waals surface area contributed by atoms with Gasteiger partial charge in [-0.05, 0) is 35.2 Å². The molecule has 0 bridgehead atoms. The van der Waals surface area contributed by atoms with Crippen LogP contribution >= 0.6 is 23.2 Å². The predicted octanol–water partition coefficient (Wildman–Crippen LogP) is 3.03. The molecule has 3 aromatic carbocycles. The number of oxime groups is 1. The monoisotopic (exact) mass is 467 g/mol. The van der Waals surface area contributed by atoms with E-state index in [1.54, 1.807) is 12.1 Å². The van der Waals surface area contributed by atoms with Crippen LogP contribution in [0.3, 0.4) is 0 Å². The lowest BCUT2D eigenvalue weighted by molar-refractivity contribution is -0.143. The standard InChI is InChI=1S/C19H15Cl2N3O5S/c20-13-7-14(21)9-15(8-13)30(27,28)18-11(6-17(25)29-23)2-1-10-5-12(19(22)24-26)3-4-16(10)18/h1-5,7-9,26H,6,23H2,(H2,22,24). The van der Waals surface area contributed by atoms with E-state index in [1.807, 2.05) is 0 Å². The number of nitrogens with zero attached hydrogens (tertiary/aromatic N) is 1. The van der Waals surface area contributed by atoms with Crippen molar-refractivity contribution >= 4 is 55.6 Å². The van der Waals surface area contributed by atoms with Crippen molar-refractivity contribution in [3.63, 3.8) is 0 Å². The van der Waals surface area contributed by atoms with E-state index in [-0.39, 0.29) is 37.7 Å². The number of amidine groups is 1. The van der Waals surface area contributed by atoms with Crippen LogP contribution in [0, 0.1) is 0 Å². The lowest BCUT2D eigenvalue weighted by Crippen LogP contribution is -2.16. The van der Waals surface area contributed by atoms with Crippen molar-refractivity contribution in [2.24, 2.45) is 16.8 Å². The molecular formula is C19H15Cl2N3O5S. The highest BCUT2D eigenvalue weighted by molar-refractivity contribution is 7.91. The number of sulfone groups is 1. The van der Waals surface area contributed by atoms with Crippen molar-refractivity contribution in [3.8, 4) is 0 Å². The number of hydrogen-bond donors (Lipinski definition) is 3. The molecule has 0 aliphatic rings. The molecule has 8 nitrogen and oxygen atoms in total. The smallest absolute Gasteiger partial charge is 0.328 e. The fraction of sp³-hybridized carbons (Fsp3) is 0.0526. The van der Waals surface area contributed by atoms with Gasteiger partial charge in [-0.15, -0.1) is 0 Å². The average Bonchev–Trinajstić information content (AvgIpc) is 2.71. The van der Waals surface area contributed by atoms with Gasteiger partial charge in [0.2, 0.25) is 9.84 Å². The van der Waals surface area contributed by atoms with Gasteiger partial charge in [-0.25, -0.2) is 8.42 Å². The van der Waals surface area contributed by atoms with Crippen LogP contribution in [0.2, 0.25) is 10.0 Å². The van der Waals surface area contributed by atoms with E-state index in [0.29, 0.717) is 16.3 Å². The quantitative estimate of drug-likeness (QED) is 0.226. The van der Waals surface area contributed by atoms with Crippen molar-refractivity contribution in [1.29, 1.82) is 0 Å². The van der Waals surface area contributed by atoms with Gasteiger partial charge in [0.15, 0.2) is 5.84 Å². The molecular weight excluding hydrogens is 453 g/mol. The van der Waals surface area contributed by atoms with Crippen molar-refractivity contribution in [2.75, 3.05) is 0 Å². The second kappa shape index (κ2) is 8.49. The van der Waals surface area contributed by atoms with E-state index in [2.05, 4.69) is 9.99 Å². The molecule has 0 radical (unpaired) electrons. The SMILES string of the molecule is NOC(=O)Cc1ccc2cc(C(N)=NO)ccc2c1S(=O)(=O)c1cc(Cl)cc(Cl)c1. The largest absolute Gasteiger partial charge is 0.409 e. The third-order valence-corrected chi connectivity index (χ3v) is 6.65. The molecule has 0 amide bonds. The van der Waals surface area contributed by atoms with Crippen molar-refractivity contribution < 1.29 is 23.3 Å². The summed E-state index contributed by atoms with van der Waals surface area (Å²) in [6, 6.07) is 11.5. The Morgan fingerprint density at radius 2 is 1.73 bits per heavy atom. The minimum absolute atomic E-state index is 0.130. The zero-order valence-corrected chi connectivity index (χ0v) is 17.5. The topological polar surface area (TPSA) is 145 Å². The maximum atomic E-state index is 13.5. The molecule has 0 saturated heterocycles. The van der Waals surface area contributed by atoms with Gasteiger partial charge >= 0.3 is 5.97 Å². The van der Waals surface area contributed by atoms with Crippen molar-refractivity contribution in [1.82, 2.24) is 0 Å². The van der Waals surface area contributed by atoms with Crippen LogP contribution in [-0.2, 0) is 25.9 Å². The molecule has 5 N–H and O–H groups in total. The fourth-order valence-electron chi connectivity index (χ4n) is 3.02. The third kappa shape index (κ3) is 4.19. The first-order chi connectivity index (χ1) is 14.2. The van der Waals surface area contributed by atoms with Crippen molar-refractivity contribution in [2.45, 2.75) is 16.2 Å².